The predicted octanol–water partition coefficient (Wildman–Crippen LogP) is 4.56. The average molecular weight is 378 g/mol. The quantitative estimate of drug-likeness (QED) is 0.534. The van der Waals surface area contributed by atoms with E-state index in [1.807, 2.05) is 61.5 Å². The Morgan fingerprint density at radius 1 is 1.15 bits per heavy atom. The number of carbonyl (C=O) groups is 1. The van der Waals surface area contributed by atoms with Crippen LogP contribution in [0.4, 0.5) is 0 Å². The first-order valence-corrected chi connectivity index (χ1v) is 9.39. The zero-order valence-electron chi connectivity index (χ0n) is 14.8. The largest absolute Gasteiger partial charge is 0.484 e. The van der Waals surface area contributed by atoms with Gasteiger partial charge in [0.15, 0.2) is 17.4 Å². The lowest BCUT2D eigenvalue weighted by Crippen LogP contribution is -2.28. The maximum Gasteiger partial charge on any atom is 0.258 e. The number of thiazole rings is 1. The van der Waals surface area contributed by atoms with Crippen molar-refractivity contribution in [3.8, 4) is 16.5 Å². The molecule has 2 aromatic carbocycles. The van der Waals surface area contributed by atoms with E-state index in [-0.39, 0.29) is 12.5 Å². The van der Waals surface area contributed by atoms with Gasteiger partial charge in [0.05, 0.1) is 18.5 Å². The molecule has 27 heavy (non-hydrogen) atoms. The van der Waals surface area contributed by atoms with E-state index < -0.39 is 0 Å². The van der Waals surface area contributed by atoms with Gasteiger partial charge in [-0.3, -0.25) is 4.79 Å². The first-order valence-electron chi connectivity index (χ1n) is 8.57. The van der Waals surface area contributed by atoms with Crippen molar-refractivity contribution in [2.75, 3.05) is 6.61 Å². The second kappa shape index (κ2) is 7.63. The summed E-state index contributed by atoms with van der Waals surface area (Å²) in [5, 5.41) is 5.92. The number of nitrogens with one attached hydrogen (secondary N) is 1. The Morgan fingerprint density at radius 2 is 2.00 bits per heavy atom. The number of furan rings is 1. The zero-order chi connectivity index (χ0) is 18.6. The lowest BCUT2D eigenvalue weighted by atomic mass is 10.1. The summed E-state index contributed by atoms with van der Waals surface area (Å²) in [4.78, 5) is 17.6. The molecule has 0 fully saturated rings. The van der Waals surface area contributed by atoms with Crippen LogP contribution in [0.3, 0.4) is 0 Å². The van der Waals surface area contributed by atoms with Crippen molar-refractivity contribution < 1.29 is 13.9 Å². The van der Waals surface area contributed by atoms with Gasteiger partial charge in [-0.05, 0) is 42.0 Å². The van der Waals surface area contributed by atoms with Crippen molar-refractivity contribution in [2.24, 2.45) is 0 Å². The molecule has 5 nitrogen and oxygen atoms in total. The molecule has 2 heterocycles. The predicted molar refractivity (Wildman–Crippen MR) is 106 cm³/mol. The van der Waals surface area contributed by atoms with Crippen LogP contribution < -0.4 is 10.1 Å². The molecular weight excluding hydrogens is 360 g/mol. The molecule has 1 amide bonds. The number of hydrogen-bond donors (Lipinski definition) is 1. The smallest absolute Gasteiger partial charge is 0.258 e. The highest BCUT2D eigenvalue weighted by molar-refractivity contribution is 7.15. The first kappa shape index (κ1) is 17.3. The molecule has 6 heteroatoms. The lowest BCUT2D eigenvalue weighted by Gasteiger charge is -2.08. The van der Waals surface area contributed by atoms with Crippen molar-refractivity contribution >= 4 is 28.0 Å². The highest BCUT2D eigenvalue weighted by Gasteiger charge is 2.12. The van der Waals surface area contributed by atoms with Gasteiger partial charge >= 0.3 is 0 Å². The number of carbonyl (C=O) groups excluding carboxylic acids is 1. The summed E-state index contributed by atoms with van der Waals surface area (Å²) in [5.41, 5.74) is 0.891. The summed E-state index contributed by atoms with van der Waals surface area (Å²) in [5.74, 6) is 1.24. The number of aromatic nitrogens is 1. The van der Waals surface area contributed by atoms with Crippen molar-refractivity contribution in [3.63, 3.8) is 0 Å². The van der Waals surface area contributed by atoms with Gasteiger partial charge in [0.2, 0.25) is 0 Å². The van der Waals surface area contributed by atoms with Crippen LogP contribution in [0.5, 0.6) is 5.75 Å². The Kier molecular flexibility index (Phi) is 4.89. The molecule has 2 aromatic heterocycles. The number of nitrogens with zero attached hydrogens (tertiary/aromatic N) is 1. The van der Waals surface area contributed by atoms with E-state index in [1.54, 1.807) is 6.26 Å². The van der Waals surface area contributed by atoms with Crippen molar-refractivity contribution in [3.05, 3.63) is 71.4 Å². The molecule has 1 N–H and O–H groups in total. The van der Waals surface area contributed by atoms with E-state index >= 15 is 0 Å². The highest BCUT2D eigenvalue weighted by atomic mass is 32.1. The molecule has 0 radical (unpaired) electrons. The van der Waals surface area contributed by atoms with Gasteiger partial charge in [0.1, 0.15) is 5.75 Å². The van der Waals surface area contributed by atoms with Gasteiger partial charge in [-0.25, -0.2) is 4.98 Å². The van der Waals surface area contributed by atoms with Crippen molar-refractivity contribution in [1.82, 2.24) is 10.3 Å². The minimum atomic E-state index is -0.171. The number of aryl methyl sites for hydroxylation is 1. The van der Waals surface area contributed by atoms with E-state index in [9.17, 15) is 4.79 Å². The summed E-state index contributed by atoms with van der Waals surface area (Å²) in [6, 6.07) is 17.5. The SMILES string of the molecule is Cc1nc(-c2ccco2)sc1CNC(=O)COc1ccc2ccccc2c1. The molecule has 136 valence electrons. The molecule has 0 bridgehead atoms. The third-order valence-electron chi connectivity index (χ3n) is 4.16. The van der Waals surface area contributed by atoms with Gasteiger partial charge in [0.25, 0.3) is 5.91 Å². The Bertz CT molecular complexity index is 1070. The third-order valence-corrected chi connectivity index (χ3v) is 5.33. The second-order valence-corrected chi connectivity index (χ2v) is 7.16. The van der Waals surface area contributed by atoms with Gasteiger partial charge < -0.3 is 14.5 Å². The Balaban J connectivity index is 1.33. The normalized spacial score (nSPS) is 10.9. The highest BCUT2D eigenvalue weighted by Crippen LogP contribution is 2.28. The van der Waals surface area contributed by atoms with E-state index in [4.69, 9.17) is 9.15 Å². The molecule has 0 aliphatic rings. The summed E-state index contributed by atoms with van der Waals surface area (Å²) in [7, 11) is 0. The van der Waals surface area contributed by atoms with Crippen LogP contribution in [0.2, 0.25) is 0 Å². The number of ether oxygens (including phenoxy) is 1. The molecule has 0 unspecified atom stereocenters. The van der Waals surface area contributed by atoms with Gasteiger partial charge in [-0.1, -0.05) is 30.3 Å². The van der Waals surface area contributed by atoms with E-state index in [1.165, 1.54) is 11.3 Å². The van der Waals surface area contributed by atoms with Crippen molar-refractivity contribution in [1.29, 1.82) is 0 Å². The minimum absolute atomic E-state index is 0.0266. The number of fused-ring (bicyclic) bond motifs is 1. The van der Waals surface area contributed by atoms with E-state index in [0.717, 1.165) is 32.1 Å². The molecule has 0 aliphatic carbocycles. The number of rotatable bonds is 6. The van der Waals surface area contributed by atoms with Gasteiger partial charge in [-0.15, -0.1) is 11.3 Å². The standard InChI is InChI=1S/C21H18N2O3S/c1-14-19(27-21(23-14)18-7-4-10-25-18)12-22-20(24)13-26-17-9-8-15-5-2-3-6-16(15)11-17/h2-11H,12-13H2,1H3,(H,22,24). The summed E-state index contributed by atoms with van der Waals surface area (Å²) >= 11 is 1.51. The Morgan fingerprint density at radius 3 is 2.81 bits per heavy atom. The van der Waals surface area contributed by atoms with Gasteiger partial charge in [-0.2, -0.15) is 0 Å². The van der Waals surface area contributed by atoms with Crippen LogP contribution in [0, 0.1) is 6.92 Å². The van der Waals surface area contributed by atoms with Crippen LogP contribution in [0.15, 0.2) is 65.3 Å². The van der Waals surface area contributed by atoms with Crippen LogP contribution in [-0.4, -0.2) is 17.5 Å². The summed E-state index contributed by atoms with van der Waals surface area (Å²) in [6.45, 7) is 2.32. The topological polar surface area (TPSA) is 64.4 Å². The van der Waals surface area contributed by atoms with Crippen molar-refractivity contribution in [2.45, 2.75) is 13.5 Å². The fourth-order valence-corrected chi connectivity index (χ4v) is 3.70. The maximum absolute atomic E-state index is 12.1. The molecule has 0 saturated heterocycles. The number of benzene rings is 2. The van der Waals surface area contributed by atoms with Crippen LogP contribution in [0.1, 0.15) is 10.6 Å². The maximum atomic E-state index is 12.1. The van der Waals surface area contributed by atoms with Crippen LogP contribution >= 0.6 is 11.3 Å². The minimum Gasteiger partial charge on any atom is -0.484 e. The summed E-state index contributed by atoms with van der Waals surface area (Å²) in [6.07, 6.45) is 1.62. The fraction of sp³-hybridized carbons (Fsp3) is 0.143. The lowest BCUT2D eigenvalue weighted by molar-refractivity contribution is -0.123. The number of amides is 1. The first-order chi connectivity index (χ1) is 13.2. The Hall–Kier alpha value is -3.12. The third kappa shape index (κ3) is 4.01. The van der Waals surface area contributed by atoms with Crippen LogP contribution in [-0.2, 0) is 11.3 Å². The molecule has 0 aliphatic heterocycles. The second-order valence-electron chi connectivity index (χ2n) is 6.08. The Labute approximate surface area is 160 Å². The van der Waals surface area contributed by atoms with Gasteiger partial charge in [0, 0.05) is 4.88 Å². The average Bonchev–Trinajstić information content (AvgIpc) is 3.34. The molecule has 4 aromatic rings. The fourth-order valence-electron chi connectivity index (χ4n) is 2.73. The molecule has 0 atom stereocenters. The number of hydrogen-bond acceptors (Lipinski definition) is 5. The molecule has 0 spiro atoms. The zero-order valence-corrected chi connectivity index (χ0v) is 15.6. The monoisotopic (exact) mass is 378 g/mol. The molecular formula is C21H18N2O3S. The van der Waals surface area contributed by atoms with Crippen LogP contribution in [0.25, 0.3) is 21.5 Å². The summed E-state index contributed by atoms with van der Waals surface area (Å²) < 4.78 is 11.0. The van der Waals surface area contributed by atoms with E-state index in [0.29, 0.717) is 12.3 Å². The molecule has 4 rings (SSSR count). The van der Waals surface area contributed by atoms with E-state index in [2.05, 4.69) is 10.3 Å². The molecule has 0 saturated carbocycles.